The smallest absolute Gasteiger partial charge is 0.313 e. The number of hydrogen-bond donors (Lipinski definition) is 2. The SMILES string of the molecule is CCC(NC(=O)C(=O)Nc1ccccc1Cl)c1ncc(C)s1. The maximum absolute atomic E-state index is 12.0. The molecule has 7 heteroatoms. The first-order chi connectivity index (χ1) is 10.5. The number of halogens is 1. The second-order valence-electron chi connectivity index (χ2n) is 4.68. The van der Waals surface area contributed by atoms with E-state index < -0.39 is 11.8 Å². The first kappa shape index (κ1) is 16.5. The van der Waals surface area contributed by atoms with Gasteiger partial charge in [-0.15, -0.1) is 11.3 Å². The van der Waals surface area contributed by atoms with E-state index in [-0.39, 0.29) is 6.04 Å². The van der Waals surface area contributed by atoms with Crippen LogP contribution in [0.1, 0.15) is 29.3 Å². The van der Waals surface area contributed by atoms with Gasteiger partial charge >= 0.3 is 11.8 Å². The normalized spacial score (nSPS) is 11.8. The number of nitrogens with one attached hydrogen (secondary N) is 2. The predicted octanol–water partition coefficient (Wildman–Crippen LogP) is 3.31. The van der Waals surface area contributed by atoms with Gasteiger partial charge in [-0.05, 0) is 25.5 Å². The Morgan fingerprint density at radius 2 is 2.05 bits per heavy atom. The fraction of sp³-hybridized carbons (Fsp3) is 0.267. The molecular weight excluding hydrogens is 322 g/mol. The predicted molar refractivity (Wildman–Crippen MR) is 88.1 cm³/mol. The Balaban J connectivity index is 2.01. The molecule has 22 heavy (non-hydrogen) atoms. The first-order valence-electron chi connectivity index (χ1n) is 6.80. The maximum atomic E-state index is 12.0. The van der Waals surface area contributed by atoms with Crippen molar-refractivity contribution in [2.24, 2.45) is 0 Å². The van der Waals surface area contributed by atoms with Crippen molar-refractivity contribution in [3.8, 4) is 0 Å². The second-order valence-corrected chi connectivity index (χ2v) is 6.35. The van der Waals surface area contributed by atoms with Crippen molar-refractivity contribution in [3.05, 3.63) is 45.4 Å². The molecule has 1 unspecified atom stereocenters. The molecule has 1 atom stereocenters. The van der Waals surface area contributed by atoms with Gasteiger partial charge in [-0.2, -0.15) is 0 Å². The van der Waals surface area contributed by atoms with Crippen LogP contribution in [-0.4, -0.2) is 16.8 Å². The monoisotopic (exact) mass is 337 g/mol. The summed E-state index contributed by atoms with van der Waals surface area (Å²) >= 11 is 7.45. The van der Waals surface area contributed by atoms with Crippen LogP contribution in [0, 0.1) is 6.92 Å². The zero-order valence-electron chi connectivity index (χ0n) is 12.2. The van der Waals surface area contributed by atoms with Crippen molar-refractivity contribution >= 4 is 40.4 Å². The third-order valence-electron chi connectivity index (χ3n) is 2.98. The van der Waals surface area contributed by atoms with Crippen molar-refractivity contribution in [1.82, 2.24) is 10.3 Å². The molecule has 0 aliphatic heterocycles. The fourth-order valence-electron chi connectivity index (χ4n) is 1.84. The van der Waals surface area contributed by atoms with Crippen LogP contribution in [0.4, 0.5) is 5.69 Å². The highest BCUT2D eigenvalue weighted by Crippen LogP contribution is 2.22. The number of anilines is 1. The minimum Gasteiger partial charge on any atom is -0.339 e. The summed E-state index contributed by atoms with van der Waals surface area (Å²) in [5.74, 6) is -1.46. The number of aromatic nitrogens is 1. The van der Waals surface area contributed by atoms with Crippen LogP contribution in [0.15, 0.2) is 30.5 Å². The Hall–Kier alpha value is -1.92. The fourth-order valence-corrected chi connectivity index (χ4v) is 2.93. The largest absolute Gasteiger partial charge is 0.339 e. The summed E-state index contributed by atoms with van der Waals surface area (Å²) in [6.45, 7) is 3.87. The molecule has 0 radical (unpaired) electrons. The summed E-state index contributed by atoms with van der Waals surface area (Å²) in [4.78, 5) is 29.3. The van der Waals surface area contributed by atoms with Crippen LogP contribution in [-0.2, 0) is 9.59 Å². The van der Waals surface area contributed by atoms with Gasteiger partial charge in [0.2, 0.25) is 0 Å². The lowest BCUT2D eigenvalue weighted by Crippen LogP contribution is -2.37. The molecule has 0 saturated carbocycles. The van der Waals surface area contributed by atoms with Gasteiger partial charge in [0.15, 0.2) is 0 Å². The van der Waals surface area contributed by atoms with Crippen molar-refractivity contribution in [2.75, 3.05) is 5.32 Å². The van der Waals surface area contributed by atoms with Crippen molar-refractivity contribution in [2.45, 2.75) is 26.3 Å². The number of amides is 2. The molecule has 2 amide bonds. The van der Waals surface area contributed by atoms with Gasteiger partial charge < -0.3 is 10.6 Å². The molecule has 1 heterocycles. The summed E-state index contributed by atoms with van der Waals surface area (Å²) in [7, 11) is 0. The van der Waals surface area contributed by atoms with Gasteiger partial charge in [-0.1, -0.05) is 30.7 Å². The molecular formula is C15H16ClN3O2S. The highest BCUT2D eigenvalue weighted by atomic mass is 35.5. The van der Waals surface area contributed by atoms with E-state index in [2.05, 4.69) is 15.6 Å². The van der Waals surface area contributed by atoms with E-state index in [4.69, 9.17) is 11.6 Å². The number of nitrogens with zero attached hydrogens (tertiary/aromatic N) is 1. The van der Waals surface area contributed by atoms with E-state index in [1.54, 1.807) is 30.5 Å². The van der Waals surface area contributed by atoms with Gasteiger partial charge in [0.1, 0.15) is 5.01 Å². The topological polar surface area (TPSA) is 71.1 Å². The lowest BCUT2D eigenvalue weighted by Gasteiger charge is -2.14. The third-order valence-corrected chi connectivity index (χ3v) is 4.34. The van der Waals surface area contributed by atoms with Crippen LogP contribution in [0.2, 0.25) is 5.02 Å². The van der Waals surface area contributed by atoms with E-state index in [0.717, 1.165) is 9.88 Å². The standard InChI is InChI=1S/C15H16ClN3O2S/c1-3-11(15-17-8-9(2)22-15)18-13(20)14(21)19-12-7-5-4-6-10(12)16/h4-8,11H,3H2,1-2H3,(H,18,20)(H,19,21). The van der Waals surface area contributed by atoms with Crippen LogP contribution in [0.25, 0.3) is 0 Å². The van der Waals surface area contributed by atoms with Crippen molar-refractivity contribution < 1.29 is 9.59 Å². The Labute approximate surface area is 137 Å². The molecule has 1 aromatic heterocycles. The van der Waals surface area contributed by atoms with Crippen molar-refractivity contribution in [3.63, 3.8) is 0 Å². The number of rotatable bonds is 4. The average Bonchev–Trinajstić information content (AvgIpc) is 2.93. The molecule has 0 saturated heterocycles. The maximum Gasteiger partial charge on any atom is 0.313 e. The molecule has 116 valence electrons. The van der Waals surface area contributed by atoms with Gasteiger partial charge in [-0.25, -0.2) is 4.98 Å². The zero-order chi connectivity index (χ0) is 16.1. The molecule has 0 aliphatic carbocycles. The van der Waals surface area contributed by atoms with Crippen LogP contribution in [0.5, 0.6) is 0 Å². The summed E-state index contributed by atoms with van der Waals surface area (Å²) in [6.07, 6.45) is 2.40. The van der Waals surface area contributed by atoms with Crippen LogP contribution in [0.3, 0.4) is 0 Å². The van der Waals surface area contributed by atoms with Gasteiger partial charge in [0, 0.05) is 11.1 Å². The minimum atomic E-state index is -0.750. The van der Waals surface area contributed by atoms with E-state index in [0.29, 0.717) is 17.1 Å². The molecule has 0 spiro atoms. The Kier molecular flexibility index (Phi) is 5.51. The molecule has 2 rings (SSSR count). The molecule has 5 nitrogen and oxygen atoms in total. The van der Waals surface area contributed by atoms with E-state index in [9.17, 15) is 9.59 Å². The number of hydrogen-bond acceptors (Lipinski definition) is 4. The minimum absolute atomic E-state index is 0.275. The number of carbonyl (C=O) groups excluding carboxylic acids is 2. The Morgan fingerprint density at radius 1 is 1.32 bits per heavy atom. The van der Waals surface area contributed by atoms with Gasteiger partial charge in [-0.3, -0.25) is 9.59 Å². The average molecular weight is 338 g/mol. The molecule has 0 fully saturated rings. The Morgan fingerprint density at radius 3 is 2.64 bits per heavy atom. The summed E-state index contributed by atoms with van der Waals surface area (Å²) in [6, 6.07) is 6.48. The highest BCUT2D eigenvalue weighted by Gasteiger charge is 2.21. The molecule has 2 aromatic rings. The zero-order valence-corrected chi connectivity index (χ0v) is 13.8. The number of para-hydroxylation sites is 1. The number of aryl methyl sites for hydroxylation is 1. The van der Waals surface area contributed by atoms with E-state index in [1.165, 1.54) is 11.3 Å². The lowest BCUT2D eigenvalue weighted by molar-refractivity contribution is -0.136. The van der Waals surface area contributed by atoms with E-state index >= 15 is 0 Å². The third kappa shape index (κ3) is 4.05. The number of thiazole rings is 1. The quantitative estimate of drug-likeness (QED) is 0.841. The molecule has 0 aliphatic rings. The summed E-state index contributed by atoms with van der Waals surface area (Å²) in [5, 5.41) is 6.36. The highest BCUT2D eigenvalue weighted by molar-refractivity contribution is 7.11. The van der Waals surface area contributed by atoms with Crippen LogP contribution >= 0.6 is 22.9 Å². The van der Waals surface area contributed by atoms with Gasteiger partial charge in [0.25, 0.3) is 0 Å². The van der Waals surface area contributed by atoms with E-state index in [1.807, 2.05) is 13.8 Å². The number of benzene rings is 1. The molecule has 2 N–H and O–H groups in total. The van der Waals surface area contributed by atoms with Crippen LogP contribution < -0.4 is 10.6 Å². The number of carbonyl (C=O) groups is 2. The Bertz CT molecular complexity index is 687. The molecule has 0 bridgehead atoms. The summed E-state index contributed by atoms with van der Waals surface area (Å²) < 4.78 is 0. The summed E-state index contributed by atoms with van der Waals surface area (Å²) in [5.41, 5.74) is 0.405. The second kappa shape index (κ2) is 7.38. The van der Waals surface area contributed by atoms with Crippen molar-refractivity contribution in [1.29, 1.82) is 0 Å². The molecule has 1 aromatic carbocycles. The lowest BCUT2D eigenvalue weighted by atomic mass is 10.2. The first-order valence-corrected chi connectivity index (χ1v) is 7.99. The van der Waals surface area contributed by atoms with Gasteiger partial charge in [0.05, 0.1) is 16.8 Å².